The number of nitrogens with zero attached hydrogens (tertiary/aromatic N) is 4. The first-order valence-corrected chi connectivity index (χ1v) is 7.41. The van der Waals surface area contributed by atoms with Gasteiger partial charge in [-0.15, -0.1) is 0 Å². The molecule has 0 saturated carbocycles. The molecule has 2 heterocycles. The molecule has 112 valence electrons. The highest BCUT2D eigenvalue weighted by atomic mass is 16.2. The van der Waals surface area contributed by atoms with Crippen molar-refractivity contribution in [3.63, 3.8) is 0 Å². The average Bonchev–Trinajstić information content (AvgIpc) is 2.74. The molecule has 1 aromatic heterocycles. The molecule has 6 heteroatoms. The first-order chi connectivity index (χ1) is 9.58. The summed E-state index contributed by atoms with van der Waals surface area (Å²) in [5, 5.41) is 4.32. The highest BCUT2D eigenvalue weighted by Gasteiger charge is 2.26. The summed E-state index contributed by atoms with van der Waals surface area (Å²) in [5.74, 6) is 0.00773. The summed E-state index contributed by atoms with van der Waals surface area (Å²) in [6.07, 6.45) is 1.90. The van der Waals surface area contributed by atoms with Gasteiger partial charge in [-0.25, -0.2) is 0 Å². The number of piperazine rings is 1. The van der Waals surface area contributed by atoms with E-state index in [1.807, 2.05) is 11.8 Å². The minimum atomic E-state index is 0.00773. The molecule has 0 unspecified atom stereocenters. The van der Waals surface area contributed by atoms with Crippen LogP contribution in [0.5, 0.6) is 0 Å². The monoisotopic (exact) mass is 279 g/mol. The molecular formula is C14H25N5O. The normalized spacial score (nSPS) is 16.6. The Kier molecular flexibility index (Phi) is 4.65. The molecule has 1 aliphatic rings. The van der Waals surface area contributed by atoms with Crippen molar-refractivity contribution < 1.29 is 4.79 Å². The van der Waals surface area contributed by atoms with Gasteiger partial charge in [0.1, 0.15) is 5.69 Å². The second kappa shape index (κ2) is 6.26. The van der Waals surface area contributed by atoms with Crippen LogP contribution in [0.3, 0.4) is 0 Å². The lowest BCUT2D eigenvalue weighted by atomic mass is 10.2. The highest BCUT2D eigenvalue weighted by molar-refractivity contribution is 5.98. The van der Waals surface area contributed by atoms with Gasteiger partial charge < -0.3 is 10.6 Å². The minimum absolute atomic E-state index is 0.00773. The number of nitrogen functional groups attached to an aromatic ring is 1. The number of aromatic nitrogens is 2. The van der Waals surface area contributed by atoms with Gasteiger partial charge in [0.15, 0.2) is 0 Å². The Labute approximate surface area is 120 Å². The second-order valence-corrected chi connectivity index (χ2v) is 5.32. The van der Waals surface area contributed by atoms with E-state index in [1.165, 1.54) is 0 Å². The number of hydrogen-bond acceptors (Lipinski definition) is 4. The molecule has 1 aliphatic heterocycles. The summed E-state index contributed by atoms with van der Waals surface area (Å²) in [7, 11) is 1.79. The smallest absolute Gasteiger partial charge is 0.274 e. The Bertz CT molecular complexity index is 474. The van der Waals surface area contributed by atoms with Gasteiger partial charge in [-0.1, -0.05) is 13.8 Å². The van der Waals surface area contributed by atoms with Crippen molar-refractivity contribution in [1.82, 2.24) is 19.6 Å². The van der Waals surface area contributed by atoms with Crippen LogP contribution >= 0.6 is 0 Å². The van der Waals surface area contributed by atoms with E-state index in [2.05, 4.69) is 16.9 Å². The third-order valence-electron chi connectivity index (χ3n) is 3.90. The Morgan fingerprint density at radius 3 is 2.40 bits per heavy atom. The number of amides is 1. The number of aryl methyl sites for hydroxylation is 2. The van der Waals surface area contributed by atoms with Crippen LogP contribution < -0.4 is 5.73 Å². The molecule has 0 aromatic carbocycles. The standard InChI is InChI=1S/C14H25N5O/c1-4-6-18-7-9-19(10-8-18)14(20)13-12(15)11(5-2)16-17(13)3/h4-10,15H2,1-3H3. The fourth-order valence-electron chi connectivity index (χ4n) is 2.75. The van der Waals surface area contributed by atoms with Crippen LogP contribution in [-0.4, -0.2) is 58.2 Å². The average molecular weight is 279 g/mol. The van der Waals surface area contributed by atoms with Gasteiger partial charge in [-0.05, 0) is 19.4 Å². The summed E-state index contributed by atoms with van der Waals surface area (Å²) in [6.45, 7) is 8.71. The van der Waals surface area contributed by atoms with Crippen molar-refractivity contribution in [1.29, 1.82) is 0 Å². The van der Waals surface area contributed by atoms with Crippen molar-refractivity contribution >= 4 is 11.6 Å². The Morgan fingerprint density at radius 1 is 1.25 bits per heavy atom. The van der Waals surface area contributed by atoms with Crippen LogP contribution in [0.1, 0.15) is 36.5 Å². The maximum absolute atomic E-state index is 12.6. The van der Waals surface area contributed by atoms with E-state index in [-0.39, 0.29) is 5.91 Å². The van der Waals surface area contributed by atoms with E-state index in [1.54, 1.807) is 11.7 Å². The molecule has 6 nitrogen and oxygen atoms in total. The molecular weight excluding hydrogens is 254 g/mol. The van der Waals surface area contributed by atoms with Gasteiger partial charge in [0, 0.05) is 33.2 Å². The van der Waals surface area contributed by atoms with E-state index in [0.717, 1.165) is 51.3 Å². The van der Waals surface area contributed by atoms with E-state index < -0.39 is 0 Å². The van der Waals surface area contributed by atoms with Crippen molar-refractivity contribution in [2.24, 2.45) is 7.05 Å². The molecule has 0 bridgehead atoms. The Morgan fingerprint density at radius 2 is 1.90 bits per heavy atom. The van der Waals surface area contributed by atoms with Gasteiger partial charge in [-0.3, -0.25) is 14.4 Å². The molecule has 0 atom stereocenters. The third-order valence-corrected chi connectivity index (χ3v) is 3.90. The number of carbonyl (C=O) groups is 1. The molecule has 0 aliphatic carbocycles. The van der Waals surface area contributed by atoms with Crippen LogP contribution in [0, 0.1) is 0 Å². The van der Waals surface area contributed by atoms with Crippen LogP contribution in [-0.2, 0) is 13.5 Å². The zero-order chi connectivity index (χ0) is 14.7. The summed E-state index contributed by atoms with van der Waals surface area (Å²) in [6, 6.07) is 0. The molecule has 1 fully saturated rings. The molecule has 1 amide bonds. The number of hydrogen-bond donors (Lipinski definition) is 1. The van der Waals surface area contributed by atoms with Gasteiger partial charge in [-0.2, -0.15) is 5.10 Å². The number of nitrogens with two attached hydrogens (primary N) is 1. The fraction of sp³-hybridized carbons (Fsp3) is 0.714. The van der Waals surface area contributed by atoms with E-state index >= 15 is 0 Å². The topological polar surface area (TPSA) is 67.4 Å². The zero-order valence-electron chi connectivity index (χ0n) is 12.7. The van der Waals surface area contributed by atoms with Crippen LogP contribution in [0.2, 0.25) is 0 Å². The van der Waals surface area contributed by atoms with E-state index in [9.17, 15) is 4.79 Å². The number of anilines is 1. The van der Waals surface area contributed by atoms with Crippen molar-refractivity contribution in [3.05, 3.63) is 11.4 Å². The molecule has 1 aromatic rings. The number of rotatable bonds is 4. The van der Waals surface area contributed by atoms with Gasteiger partial charge in [0.05, 0.1) is 11.4 Å². The van der Waals surface area contributed by atoms with Crippen molar-refractivity contribution in [3.8, 4) is 0 Å². The summed E-state index contributed by atoms with van der Waals surface area (Å²) >= 11 is 0. The molecule has 20 heavy (non-hydrogen) atoms. The lowest BCUT2D eigenvalue weighted by Gasteiger charge is -2.34. The SMILES string of the molecule is CCCN1CCN(C(=O)c2c(N)c(CC)nn2C)CC1. The predicted octanol–water partition coefficient (Wildman–Crippen LogP) is 0.733. The molecule has 0 radical (unpaired) electrons. The maximum atomic E-state index is 12.6. The minimum Gasteiger partial charge on any atom is -0.395 e. The zero-order valence-corrected chi connectivity index (χ0v) is 12.7. The largest absolute Gasteiger partial charge is 0.395 e. The Balaban J connectivity index is 2.07. The third kappa shape index (κ3) is 2.80. The second-order valence-electron chi connectivity index (χ2n) is 5.32. The van der Waals surface area contributed by atoms with Crippen molar-refractivity contribution in [2.75, 3.05) is 38.5 Å². The highest BCUT2D eigenvalue weighted by Crippen LogP contribution is 2.19. The first-order valence-electron chi connectivity index (χ1n) is 7.41. The van der Waals surface area contributed by atoms with Gasteiger partial charge in [0.2, 0.25) is 0 Å². The summed E-state index contributed by atoms with van der Waals surface area (Å²) in [4.78, 5) is 16.9. The fourth-order valence-corrected chi connectivity index (χ4v) is 2.75. The predicted molar refractivity (Wildman–Crippen MR) is 79.6 cm³/mol. The molecule has 2 rings (SSSR count). The van der Waals surface area contributed by atoms with Crippen LogP contribution in [0.25, 0.3) is 0 Å². The molecule has 1 saturated heterocycles. The van der Waals surface area contributed by atoms with Gasteiger partial charge >= 0.3 is 0 Å². The Hall–Kier alpha value is -1.56. The summed E-state index contributed by atoms with van der Waals surface area (Å²) in [5.41, 5.74) is 7.93. The molecule has 0 spiro atoms. The lowest BCUT2D eigenvalue weighted by molar-refractivity contribution is 0.0628. The quantitative estimate of drug-likeness (QED) is 0.882. The van der Waals surface area contributed by atoms with Crippen LogP contribution in [0.15, 0.2) is 0 Å². The first kappa shape index (κ1) is 14.8. The van der Waals surface area contributed by atoms with Gasteiger partial charge in [0.25, 0.3) is 5.91 Å². The molecule has 2 N–H and O–H groups in total. The van der Waals surface area contributed by atoms with Crippen molar-refractivity contribution in [2.45, 2.75) is 26.7 Å². The van der Waals surface area contributed by atoms with E-state index in [4.69, 9.17) is 5.73 Å². The number of carbonyl (C=O) groups excluding carboxylic acids is 1. The maximum Gasteiger partial charge on any atom is 0.274 e. The van der Waals surface area contributed by atoms with Crippen LogP contribution in [0.4, 0.5) is 5.69 Å². The lowest BCUT2D eigenvalue weighted by Crippen LogP contribution is -2.49. The summed E-state index contributed by atoms with van der Waals surface area (Å²) < 4.78 is 1.62. The van der Waals surface area contributed by atoms with E-state index in [0.29, 0.717) is 11.4 Å².